The van der Waals surface area contributed by atoms with Crippen molar-refractivity contribution >= 4 is 58.1 Å². The van der Waals surface area contributed by atoms with E-state index < -0.39 is 17.9 Å². The molecule has 170 valence electrons. The van der Waals surface area contributed by atoms with Gasteiger partial charge >= 0.3 is 5.97 Å². The zero-order valence-electron chi connectivity index (χ0n) is 17.7. The molecular weight excluding hydrogens is 483 g/mol. The first-order valence-corrected chi connectivity index (χ1v) is 11.1. The van der Waals surface area contributed by atoms with E-state index in [-0.39, 0.29) is 22.0 Å². The lowest BCUT2D eigenvalue weighted by Gasteiger charge is -2.17. The molecule has 1 unspecified atom stereocenters. The van der Waals surface area contributed by atoms with Crippen LogP contribution in [0, 0.1) is 6.92 Å². The number of amides is 1. The molecule has 0 aliphatic heterocycles. The highest BCUT2D eigenvalue weighted by Gasteiger charge is 2.23. The monoisotopic (exact) mass is 502 g/mol. The predicted octanol–water partition coefficient (Wildman–Crippen LogP) is 6.46. The SMILES string of the molecule is C=C(Nc1ccc(CC(NC(=O)c2cccc(Cl)c2Cl)C(=O)O)cc1)c1c(C)cccc1Cl. The summed E-state index contributed by atoms with van der Waals surface area (Å²) in [5.74, 6) is -1.77. The third kappa shape index (κ3) is 6.08. The highest BCUT2D eigenvalue weighted by atomic mass is 35.5. The minimum absolute atomic E-state index is 0.0743. The van der Waals surface area contributed by atoms with Crippen molar-refractivity contribution in [3.05, 3.63) is 105 Å². The van der Waals surface area contributed by atoms with Crippen molar-refractivity contribution in [2.24, 2.45) is 0 Å². The van der Waals surface area contributed by atoms with Gasteiger partial charge in [0.2, 0.25) is 0 Å². The van der Waals surface area contributed by atoms with E-state index in [0.29, 0.717) is 10.7 Å². The number of carboxylic acids is 1. The van der Waals surface area contributed by atoms with Gasteiger partial charge in [-0.05, 0) is 48.4 Å². The number of aliphatic carboxylic acids is 1. The lowest BCUT2D eigenvalue weighted by Crippen LogP contribution is -2.42. The summed E-state index contributed by atoms with van der Waals surface area (Å²) in [5, 5.41) is 16.2. The molecule has 0 aromatic heterocycles. The van der Waals surface area contributed by atoms with Crippen LogP contribution in [0.3, 0.4) is 0 Å². The summed E-state index contributed by atoms with van der Waals surface area (Å²) in [6, 6.07) is 16.3. The number of anilines is 1. The molecule has 0 bridgehead atoms. The normalized spacial score (nSPS) is 11.5. The van der Waals surface area contributed by atoms with Crippen molar-refractivity contribution in [2.75, 3.05) is 5.32 Å². The molecule has 5 nitrogen and oxygen atoms in total. The van der Waals surface area contributed by atoms with Gasteiger partial charge in [0.1, 0.15) is 6.04 Å². The molecule has 0 aliphatic rings. The van der Waals surface area contributed by atoms with Crippen LogP contribution in [0.15, 0.2) is 67.2 Å². The highest BCUT2D eigenvalue weighted by Crippen LogP contribution is 2.28. The number of hydrogen-bond acceptors (Lipinski definition) is 3. The molecule has 1 amide bonds. The average Bonchev–Trinajstić information content (AvgIpc) is 2.76. The fourth-order valence-electron chi connectivity index (χ4n) is 3.33. The van der Waals surface area contributed by atoms with E-state index in [2.05, 4.69) is 17.2 Å². The van der Waals surface area contributed by atoms with Gasteiger partial charge in [0.05, 0.1) is 20.6 Å². The number of halogens is 3. The van der Waals surface area contributed by atoms with E-state index in [4.69, 9.17) is 34.8 Å². The molecule has 3 aromatic rings. The molecule has 0 heterocycles. The quantitative estimate of drug-likeness (QED) is 0.329. The fourth-order valence-corrected chi connectivity index (χ4v) is 4.05. The maximum atomic E-state index is 12.5. The van der Waals surface area contributed by atoms with Crippen LogP contribution in [0.4, 0.5) is 5.69 Å². The lowest BCUT2D eigenvalue weighted by molar-refractivity contribution is -0.139. The van der Waals surface area contributed by atoms with Crippen LogP contribution >= 0.6 is 34.8 Å². The van der Waals surface area contributed by atoms with E-state index in [1.165, 1.54) is 6.07 Å². The van der Waals surface area contributed by atoms with Gasteiger partial charge in [-0.1, -0.05) is 71.7 Å². The second kappa shape index (κ2) is 10.8. The highest BCUT2D eigenvalue weighted by molar-refractivity contribution is 6.43. The van der Waals surface area contributed by atoms with Crippen LogP contribution < -0.4 is 10.6 Å². The first kappa shape index (κ1) is 24.6. The van der Waals surface area contributed by atoms with Gasteiger partial charge in [-0.2, -0.15) is 0 Å². The molecule has 3 aromatic carbocycles. The van der Waals surface area contributed by atoms with Gasteiger partial charge in [-0.15, -0.1) is 0 Å². The van der Waals surface area contributed by atoms with Gasteiger partial charge in [-0.3, -0.25) is 4.79 Å². The molecule has 33 heavy (non-hydrogen) atoms. The van der Waals surface area contributed by atoms with Crippen LogP contribution in [0.25, 0.3) is 5.70 Å². The number of carbonyl (C=O) groups is 2. The number of hydrogen-bond donors (Lipinski definition) is 3. The number of benzene rings is 3. The van der Waals surface area contributed by atoms with E-state index >= 15 is 0 Å². The molecule has 0 saturated carbocycles. The number of aryl methyl sites for hydroxylation is 1. The lowest BCUT2D eigenvalue weighted by atomic mass is 10.0. The number of carboxylic acid groups (broad SMARTS) is 1. The largest absolute Gasteiger partial charge is 0.480 e. The minimum Gasteiger partial charge on any atom is -0.480 e. The Kier molecular flexibility index (Phi) is 8.03. The Balaban J connectivity index is 1.69. The Morgan fingerprint density at radius 1 is 0.970 bits per heavy atom. The molecule has 0 saturated heterocycles. The third-order valence-corrected chi connectivity index (χ3v) is 6.15. The van der Waals surface area contributed by atoms with Gasteiger partial charge in [-0.25, -0.2) is 4.79 Å². The van der Waals surface area contributed by atoms with Gasteiger partial charge in [0.15, 0.2) is 0 Å². The van der Waals surface area contributed by atoms with Gasteiger partial charge in [0.25, 0.3) is 5.91 Å². The van der Waals surface area contributed by atoms with Crippen molar-refractivity contribution < 1.29 is 14.7 Å². The Morgan fingerprint density at radius 2 is 1.61 bits per heavy atom. The molecule has 0 radical (unpaired) electrons. The Morgan fingerprint density at radius 3 is 2.24 bits per heavy atom. The van der Waals surface area contributed by atoms with Crippen LogP contribution in [0.2, 0.25) is 15.1 Å². The van der Waals surface area contributed by atoms with Crippen LogP contribution in [0.5, 0.6) is 0 Å². The zero-order valence-corrected chi connectivity index (χ0v) is 19.9. The topological polar surface area (TPSA) is 78.4 Å². The molecule has 3 rings (SSSR count). The van der Waals surface area contributed by atoms with Gasteiger partial charge in [0, 0.05) is 23.4 Å². The van der Waals surface area contributed by atoms with Crippen molar-refractivity contribution in [3.8, 4) is 0 Å². The Hall–Kier alpha value is -2.99. The maximum absolute atomic E-state index is 12.5. The van der Waals surface area contributed by atoms with E-state index in [1.807, 2.05) is 19.1 Å². The summed E-state index contributed by atoms with van der Waals surface area (Å²) in [6.07, 6.45) is 0.0874. The van der Waals surface area contributed by atoms with Crippen molar-refractivity contribution in [3.63, 3.8) is 0 Å². The first-order valence-electron chi connectivity index (χ1n) is 9.95. The summed E-state index contributed by atoms with van der Waals surface area (Å²) in [6.45, 7) is 6.02. The zero-order chi connectivity index (χ0) is 24.1. The molecule has 0 fully saturated rings. The number of nitrogens with one attached hydrogen (secondary N) is 2. The average molecular weight is 504 g/mol. The second-order valence-corrected chi connectivity index (χ2v) is 8.59. The molecule has 0 aliphatic carbocycles. The van der Waals surface area contributed by atoms with Gasteiger partial charge < -0.3 is 15.7 Å². The summed E-state index contributed by atoms with van der Waals surface area (Å²) in [4.78, 5) is 24.3. The minimum atomic E-state index is -1.16. The molecule has 0 spiro atoms. The molecule has 3 N–H and O–H groups in total. The van der Waals surface area contributed by atoms with Crippen molar-refractivity contribution in [1.29, 1.82) is 0 Å². The molecule has 1 atom stereocenters. The number of rotatable bonds is 8. The van der Waals surface area contributed by atoms with Crippen LogP contribution in [-0.4, -0.2) is 23.0 Å². The standard InChI is InChI=1S/C25H21Cl3N2O3/c1-14-5-3-7-19(26)22(14)15(2)29-17-11-9-16(10-12-17)13-21(25(32)33)30-24(31)18-6-4-8-20(27)23(18)28/h3-12,21,29H,2,13H2,1H3,(H,30,31)(H,32,33). The van der Waals surface area contributed by atoms with Crippen LogP contribution in [0.1, 0.15) is 27.0 Å². The molecular formula is C25H21Cl3N2O3. The maximum Gasteiger partial charge on any atom is 0.326 e. The van der Waals surface area contributed by atoms with Crippen LogP contribution in [-0.2, 0) is 11.2 Å². The van der Waals surface area contributed by atoms with E-state index in [1.54, 1.807) is 42.5 Å². The predicted molar refractivity (Wildman–Crippen MR) is 134 cm³/mol. The summed E-state index contributed by atoms with van der Waals surface area (Å²) in [5.41, 5.74) is 4.09. The Labute approximate surface area is 207 Å². The van der Waals surface area contributed by atoms with Crippen molar-refractivity contribution in [2.45, 2.75) is 19.4 Å². The second-order valence-electron chi connectivity index (χ2n) is 7.40. The third-order valence-electron chi connectivity index (χ3n) is 5.01. The summed E-state index contributed by atoms with van der Waals surface area (Å²) < 4.78 is 0. The first-order chi connectivity index (χ1) is 15.7. The Bertz CT molecular complexity index is 1190. The molecule has 8 heteroatoms. The van der Waals surface area contributed by atoms with E-state index in [9.17, 15) is 14.7 Å². The summed E-state index contributed by atoms with van der Waals surface area (Å²) in [7, 11) is 0. The fraction of sp³-hybridized carbons (Fsp3) is 0.120. The number of carbonyl (C=O) groups excluding carboxylic acids is 1. The smallest absolute Gasteiger partial charge is 0.326 e. The van der Waals surface area contributed by atoms with Crippen molar-refractivity contribution in [1.82, 2.24) is 5.32 Å². The van der Waals surface area contributed by atoms with E-state index in [0.717, 1.165) is 22.4 Å². The summed E-state index contributed by atoms with van der Waals surface area (Å²) >= 11 is 18.3.